The van der Waals surface area contributed by atoms with Crippen LogP contribution in [0, 0.1) is 16.6 Å². The molecule has 1 heteroatoms. The van der Waals surface area contributed by atoms with Gasteiger partial charge in [0, 0.05) is 0 Å². The van der Waals surface area contributed by atoms with Crippen molar-refractivity contribution in [3.63, 3.8) is 0 Å². The zero-order valence-electron chi connectivity index (χ0n) is 16.9. The molecule has 0 nitrogen and oxygen atoms in total. The van der Waals surface area contributed by atoms with Crippen LogP contribution in [0.1, 0.15) is 104 Å². The maximum Gasteiger partial charge on any atom is 0.123 e. The van der Waals surface area contributed by atoms with E-state index < -0.39 is 0 Å². The first-order chi connectivity index (χ1) is 11.3. The first kappa shape index (κ1) is 21.2. The maximum atomic E-state index is 13.4. The summed E-state index contributed by atoms with van der Waals surface area (Å²) >= 11 is 0. The van der Waals surface area contributed by atoms with E-state index in [1.807, 2.05) is 12.1 Å². The number of unbranched alkanes of at least 4 members (excludes halogenated alkanes) is 2. The Bertz CT molecular complexity index is 457. The summed E-state index contributed by atoms with van der Waals surface area (Å²) in [5.41, 5.74) is 1.98. The van der Waals surface area contributed by atoms with E-state index in [0.29, 0.717) is 16.7 Å². The minimum Gasteiger partial charge on any atom is -0.207 e. The van der Waals surface area contributed by atoms with Gasteiger partial charge >= 0.3 is 0 Å². The largest absolute Gasteiger partial charge is 0.207 e. The van der Waals surface area contributed by atoms with E-state index in [4.69, 9.17) is 0 Å². The fourth-order valence-electron chi connectivity index (χ4n) is 3.87. The van der Waals surface area contributed by atoms with E-state index in [2.05, 4.69) is 41.5 Å². The molecule has 0 radical (unpaired) electrons. The van der Waals surface area contributed by atoms with Crippen LogP contribution in [0.2, 0.25) is 0 Å². The number of rotatable bonds is 11. The van der Waals surface area contributed by atoms with Crippen molar-refractivity contribution in [1.29, 1.82) is 0 Å². The molecule has 0 bridgehead atoms. The van der Waals surface area contributed by atoms with Crippen LogP contribution >= 0.6 is 0 Å². The van der Waals surface area contributed by atoms with E-state index in [-0.39, 0.29) is 5.82 Å². The number of halogens is 1. The molecule has 0 saturated heterocycles. The van der Waals surface area contributed by atoms with Gasteiger partial charge in [-0.2, -0.15) is 0 Å². The molecule has 2 unspecified atom stereocenters. The lowest BCUT2D eigenvalue weighted by atomic mass is 9.62. The van der Waals surface area contributed by atoms with Crippen LogP contribution in [-0.4, -0.2) is 0 Å². The molecule has 138 valence electrons. The molecule has 1 aromatic rings. The van der Waals surface area contributed by atoms with Gasteiger partial charge in [0.15, 0.2) is 0 Å². The van der Waals surface area contributed by atoms with Crippen molar-refractivity contribution in [3.8, 4) is 0 Å². The second-order valence-electron chi connectivity index (χ2n) is 8.29. The van der Waals surface area contributed by atoms with E-state index >= 15 is 0 Å². The predicted octanol–water partition coefficient (Wildman–Crippen LogP) is 8.12. The summed E-state index contributed by atoms with van der Waals surface area (Å²) in [5.74, 6) is 0.375. The Morgan fingerprint density at radius 1 is 0.875 bits per heavy atom. The van der Waals surface area contributed by atoms with E-state index in [9.17, 15) is 4.39 Å². The van der Waals surface area contributed by atoms with Gasteiger partial charge in [0.1, 0.15) is 5.82 Å². The second kappa shape index (κ2) is 9.59. The van der Waals surface area contributed by atoms with Crippen molar-refractivity contribution >= 4 is 0 Å². The van der Waals surface area contributed by atoms with Crippen molar-refractivity contribution in [1.82, 2.24) is 0 Å². The van der Waals surface area contributed by atoms with Gasteiger partial charge in [0.05, 0.1) is 0 Å². The molecule has 1 aromatic carbocycles. The summed E-state index contributed by atoms with van der Waals surface area (Å²) in [5, 5.41) is 0. The highest BCUT2D eigenvalue weighted by atomic mass is 19.1. The fourth-order valence-corrected chi connectivity index (χ4v) is 3.87. The van der Waals surface area contributed by atoms with Gasteiger partial charge in [-0.1, -0.05) is 92.2 Å². The number of benzene rings is 1. The quantitative estimate of drug-likeness (QED) is 0.358. The smallest absolute Gasteiger partial charge is 0.123 e. The van der Waals surface area contributed by atoms with Crippen LogP contribution in [0.4, 0.5) is 4.39 Å². The van der Waals surface area contributed by atoms with E-state index in [1.165, 1.54) is 56.9 Å². The SMILES string of the molecule is CCCCCC(C)(CC)C(CC(C)(CC)CC)c1ccc(F)cc1. The summed E-state index contributed by atoms with van der Waals surface area (Å²) in [6.45, 7) is 14.1. The summed E-state index contributed by atoms with van der Waals surface area (Å²) in [4.78, 5) is 0. The average Bonchev–Trinajstić information content (AvgIpc) is 2.60. The van der Waals surface area contributed by atoms with E-state index in [0.717, 1.165) is 0 Å². The highest BCUT2D eigenvalue weighted by Crippen LogP contribution is 2.50. The van der Waals surface area contributed by atoms with Gasteiger partial charge in [-0.05, 0) is 47.3 Å². The summed E-state index contributed by atoms with van der Waals surface area (Å²) in [6, 6.07) is 7.33. The van der Waals surface area contributed by atoms with Crippen molar-refractivity contribution in [2.24, 2.45) is 10.8 Å². The van der Waals surface area contributed by atoms with Gasteiger partial charge < -0.3 is 0 Å². The normalized spacial score (nSPS) is 16.0. The second-order valence-corrected chi connectivity index (χ2v) is 8.29. The highest BCUT2D eigenvalue weighted by Gasteiger charge is 2.37. The Hall–Kier alpha value is -0.850. The molecule has 1 rings (SSSR count). The molecular formula is C23H39F. The standard InChI is InChI=1S/C23H39F/c1-7-11-12-17-23(6,10-4)21(18-22(5,8-2)9-3)19-13-15-20(24)16-14-19/h13-16,21H,7-12,17-18H2,1-6H3. The zero-order valence-corrected chi connectivity index (χ0v) is 16.9. The Kier molecular flexibility index (Phi) is 8.46. The number of hydrogen-bond donors (Lipinski definition) is 0. The molecule has 24 heavy (non-hydrogen) atoms. The first-order valence-corrected chi connectivity index (χ1v) is 10.1. The Balaban J connectivity index is 3.17. The fraction of sp³-hybridized carbons (Fsp3) is 0.739. The molecule has 0 aliphatic carbocycles. The zero-order chi connectivity index (χ0) is 18.2. The lowest BCUT2D eigenvalue weighted by Gasteiger charge is -2.43. The third-order valence-corrected chi connectivity index (χ3v) is 6.68. The van der Waals surface area contributed by atoms with Crippen molar-refractivity contribution in [2.75, 3.05) is 0 Å². The van der Waals surface area contributed by atoms with Crippen LogP contribution in [0.25, 0.3) is 0 Å². The monoisotopic (exact) mass is 334 g/mol. The van der Waals surface area contributed by atoms with Crippen LogP contribution in [0.15, 0.2) is 24.3 Å². The first-order valence-electron chi connectivity index (χ1n) is 10.1. The molecule has 0 saturated carbocycles. The molecule has 0 fully saturated rings. The van der Waals surface area contributed by atoms with Crippen LogP contribution in [-0.2, 0) is 0 Å². The van der Waals surface area contributed by atoms with Gasteiger partial charge in [-0.25, -0.2) is 4.39 Å². The topological polar surface area (TPSA) is 0 Å². The summed E-state index contributed by atoms with van der Waals surface area (Å²) < 4.78 is 13.4. The lowest BCUT2D eigenvalue weighted by molar-refractivity contribution is 0.141. The lowest BCUT2D eigenvalue weighted by Crippen LogP contribution is -2.30. The predicted molar refractivity (Wildman–Crippen MR) is 105 cm³/mol. The Morgan fingerprint density at radius 2 is 1.46 bits per heavy atom. The molecule has 0 N–H and O–H groups in total. The van der Waals surface area contributed by atoms with Gasteiger partial charge in [0.2, 0.25) is 0 Å². The molecule has 0 aliphatic rings. The van der Waals surface area contributed by atoms with Crippen molar-refractivity contribution in [3.05, 3.63) is 35.6 Å². The maximum absolute atomic E-state index is 13.4. The third kappa shape index (κ3) is 5.60. The van der Waals surface area contributed by atoms with Crippen molar-refractivity contribution in [2.45, 2.75) is 98.8 Å². The number of hydrogen-bond acceptors (Lipinski definition) is 0. The molecule has 0 aliphatic heterocycles. The molecule has 0 heterocycles. The molecule has 0 aromatic heterocycles. The van der Waals surface area contributed by atoms with Gasteiger partial charge in [-0.15, -0.1) is 0 Å². The molecular weight excluding hydrogens is 295 g/mol. The third-order valence-electron chi connectivity index (χ3n) is 6.68. The Morgan fingerprint density at radius 3 is 1.92 bits per heavy atom. The Labute approximate surface area is 150 Å². The molecule has 0 amide bonds. The minimum absolute atomic E-state index is 0.129. The average molecular weight is 335 g/mol. The minimum atomic E-state index is -0.129. The summed E-state index contributed by atoms with van der Waals surface area (Å²) in [6.07, 6.45) is 9.93. The highest BCUT2D eigenvalue weighted by molar-refractivity contribution is 5.23. The summed E-state index contributed by atoms with van der Waals surface area (Å²) in [7, 11) is 0. The molecule has 2 atom stereocenters. The van der Waals surface area contributed by atoms with Crippen molar-refractivity contribution < 1.29 is 4.39 Å². The van der Waals surface area contributed by atoms with Gasteiger partial charge in [0.25, 0.3) is 0 Å². The van der Waals surface area contributed by atoms with Gasteiger partial charge in [-0.3, -0.25) is 0 Å². The van der Waals surface area contributed by atoms with Crippen LogP contribution in [0.5, 0.6) is 0 Å². The van der Waals surface area contributed by atoms with Crippen LogP contribution in [0.3, 0.4) is 0 Å². The molecule has 0 spiro atoms. The van der Waals surface area contributed by atoms with Crippen LogP contribution < -0.4 is 0 Å². The van der Waals surface area contributed by atoms with E-state index in [1.54, 1.807) is 12.1 Å².